The highest BCUT2D eigenvalue weighted by atomic mass is 16.7. The number of aliphatic hydroxyl groups is 3. The highest BCUT2D eigenvalue weighted by Crippen LogP contribution is 2.35. The molecule has 3 heterocycles. The number of aliphatic imine (C=N–C) groups is 1. The molecule has 31 heavy (non-hydrogen) atoms. The van der Waals surface area contributed by atoms with Gasteiger partial charge in [-0.1, -0.05) is 19.3 Å². The highest BCUT2D eigenvalue weighted by molar-refractivity contribution is 6.08. The zero-order chi connectivity index (χ0) is 21.5. The quantitative estimate of drug-likeness (QED) is 0.668. The first-order chi connectivity index (χ1) is 15.1. The molecule has 1 saturated heterocycles. The van der Waals surface area contributed by atoms with Gasteiger partial charge in [0, 0.05) is 24.2 Å². The average molecular weight is 431 g/mol. The number of aliphatic hydroxyl groups excluding tert-OH is 3. The minimum atomic E-state index is -1.21. The normalized spacial score (nSPS) is 31.4. The van der Waals surface area contributed by atoms with E-state index >= 15 is 0 Å². The van der Waals surface area contributed by atoms with Crippen LogP contribution in [0.4, 0.5) is 0 Å². The second-order valence-electron chi connectivity index (χ2n) is 8.83. The molecule has 8 heteroatoms. The Balaban J connectivity index is 1.50. The smallest absolute Gasteiger partial charge is 0.227 e. The van der Waals surface area contributed by atoms with Crippen LogP contribution in [0.2, 0.25) is 0 Å². The number of rotatable bonds is 5. The van der Waals surface area contributed by atoms with Crippen LogP contribution in [-0.2, 0) is 16.0 Å². The third-order valence-electron chi connectivity index (χ3n) is 6.84. The number of ether oxygens (including phenoxy) is 3. The minimum absolute atomic E-state index is 0.386. The van der Waals surface area contributed by atoms with Crippen LogP contribution in [0.5, 0.6) is 5.75 Å². The van der Waals surface area contributed by atoms with Crippen molar-refractivity contribution in [2.24, 2.45) is 10.9 Å². The summed E-state index contributed by atoms with van der Waals surface area (Å²) in [5, 5.41) is 31.1. The SMILES string of the molecule is COc1ccc2c(C3=N[C@@H]4C(O)[C@H](O)C(CO)O[C@@H]4O3)cn(CC3CCCCC3)c2c1. The van der Waals surface area contributed by atoms with Crippen molar-refractivity contribution in [2.45, 2.75) is 69.3 Å². The van der Waals surface area contributed by atoms with E-state index in [-0.39, 0.29) is 0 Å². The van der Waals surface area contributed by atoms with Crippen molar-refractivity contribution in [3.8, 4) is 5.75 Å². The topological polar surface area (TPSA) is 106 Å². The molecule has 168 valence electrons. The molecule has 0 spiro atoms. The molecule has 1 aliphatic carbocycles. The van der Waals surface area contributed by atoms with Crippen molar-refractivity contribution in [2.75, 3.05) is 13.7 Å². The van der Waals surface area contributed by atoms with E-state index in [0.29, 0.717) is 11.8 Å². The van der Waals surface area contributed by atoms with E-state index in [1.165, 1.54) is 32.1 Å². The molecule has 2 unspecified atom stereocenters. The first kappa shape index (κ1) is 20.8. The van der Waals surface area contributed by atoms with Gasteiger partial charge in [0.05, 0.1) is 24.8 Å². The van der Waals surface area contributed by atoms with Gasteiger partial charge in [-0.05, 0) is 30.9 Å². The number of nitrogens with zero attached hydrogens (tertiary/aromatic N) is 2. The van der Waals surface area contributed by atoms with Crippen molar-refractivity contribution < 1.29 is 29.5 Å². The molecular weight excluding hydrogens is 400 g/mol. The summed E-state index contributed by atoms with van der Waals surface area (Å²) in [7, 11) is 1.66. The van der Waals surface area contributed by atoms with Crippen LogP contribution in [0, 0.1) is 5.92 Å². The Morgan fingerprint density at radius 1 is 1.16 bits per heavy atom. The summed E-state index contributed by atoms with van der Waals surface area (Å²) in [4.78, 5) is 4.57. The number of hydrogen-bond acceptors (Lipinski definition) is 7. The molecule has 8 nitrogen and oxygen atoms in total. The van der Waals surface area contributed by atoms with Crippen LogP contribution in [0.1, 0.15) is 37.7 Å². The van der Waals surface area contributed by atoms with Gasteiger partial charge in [-0.3, -0.25) is 0 Å². The molecule has 5 rings (SSSR count). The van der Waals surface area contributed by atoms with Gasteiger partial charge in [-0.2, -0.15) is 0 Å². The van der Waals surface area contributed by atoms with Gasteiger partial charge in [0.2, 0.25) is 12.2 Å². The molecule has 1 aromatic heterocycles. The first-order valence-electron chi connectivity index (χ1n) is 11.1. The predicted molar refractivity (Wildman–Crippen MR) is 114 cm³/mol. The lowest BCUT2D eigenvalue weighted by atomic mass is 9.89. The van der Waals surface area contributed by atoms with Gasteiger partial charge >= 0.3 is 0 Å². The third-order valence-corrected chi connectivity index (χ3v) is 6.84. The molecule has 1 saturated carbocycles. The van der Waals surface area contributed by atoms with Crippen LogP contribution >= 0.6 is 0 Å². The summed E-state index contributed by atoms with van der Waals surface area (Å²) < 4.78 is 19.3. The molecular formula is C23H30N2O6. The zero-order valence-corrected chi connectivity index (χ0v) is 17.7. The largest absolute Gasteiger partial charge is 0.497 e. The number of fused-ring (bicyclic) bond motifs is 2. The Hall–Kier alpha value is -2.13. The fourth-order valence-corrected chi connectivity index (χ4v) is 5.08. The monoisotopic (exact) mass is 430 g/mol. The summed E-state index contributed by atoms with van der Waals surface area (Å²) in [6.45, 7) is 0.523. The summed E-state index contributed by atoms with van der Waals surface area (Å²) >= 11 is 0. The van der Waals surface area contributed by atoms with Crippen molar-refractivity contribution in [1.82, 2.24) is 4.57 Å². The predicted octanol–water partition coefficient (Wildman–Crippen LogP) is 1.81. The lowest BCUT2D eigenvalue weighted by Gasteiger charge is -2.36. The molecule has 0 amide bonds. The lowest BCUT2D eigenvalue weighted by molar-refractivity contribution is -0.234. The number of hydrogen-bond donors (Lipinski definition) is 3. The maximum absolute atomic E-state index is 10.5. The van der Waals surface area contributed by atoms with Gasteiger partial charge in [-0.25, -0.2) is 4.99 Å². The Labute approximate surface area is 181 Å². The van der Waals surface area contributed by atoms with E-state index in [0.717, 1.165) is 28.8 Å². The maximum Gasteiger partial charge on any atom is 0.227 e. The van der Waals surface area contributed by atoms with E-state index < -0.39 is 37.3 Å². The number of benzene rings is 1. The fourth-order valence-electron chi connectivity index (χ4n) is 5.08. The van der Waals surface area contributed by atoms with E-state index in [4.69, 9.17) is 14.2 Å². The molecule has 5 atom stereocenters. The van der Waals surface area contributed by atoms with Crippen LogP contribution in [0.3, 0.4) is 0 Å². The third kappa shape index (κ3) is 3.71. The maximum atomic E-state index is 10.5. The van der Waals surface area contributed by atoms with Crippen molar-refractivity contribution in [1.29, 1.82) is 0 Å². The highest BCUT2D eigenvalue weighted by Gasteiger charge is 2.49. The van der Waals surface area contributed by atoms with E-state index in [1.54, 1.807) is 7.11 Å². The lowest BCUT2D eigenvalue weighted by Crippen LogP contribution is -2.56. The molecule has 3 N–H and O–H groups in total. The van der Waals surface area contributed by atoms with Crippen molar-refractivity contribution in [3.63, 3.8) is 0 Å². The summed E-state index contributed by atoms with van der Waals surface area (Å²) in [6, 6.07) is 5.21. The summed E-state index contributed by atoms with van der Waals surface area (Å²) in [5.41, 5.74) is 1.88. The van der Waals surface area contributed by atoms with Crippen molar-refractivity contribution in [3.05, 3.63) is 30.0 Å². The Kier molecular flexibility index (Phi) is 5.64. The Morgan fingerprint density at radius 3 is 2.71 bits per heavy atom. The van der Waals surface area contributed by atoms with Crippen LogP contribution < -0.4 is 4.74 Å². The zero-order valence-electron chi connectivity index (χ0n) is 17.7. The molecule has 0 radical (unpaired) electrons. The standard InChI is InChI=1S/C23H30N2O6/c1-29-14-7-8-15-16(11-25(17(15)9-14)10-13-5-3-2-4-6-13)22-24-19-21(28)20(27)18(12-26)30-23(19)31-22/h7-9,11,13,18-21,23,26-28H,2-6,10,12H2,1H3/t18?,19-,20-,21?,23-/m1/s1. The van der Waals surface area contributed by atoms with Crippen LogP contribution in [0.25, 0.3) is 10.9 Å². The molecule has 1 aromatic carbocycles. The summed E-state index contributed by atoms with van der Waals surface area (Å²) in [6.07, 6.45) is 4.30. The van der Waals surface area contributed by atoms with Crippen LogP contribution in [0.15, 0.2) is 29.4 Å². The second kappa shape index (κ2) is 8.43. The Morgan fingerprint density at radius 2 is 1.97 bits per heavy atom. The van der Waals surface area contributed by atoms with Crippen LogP contribution in [-0.4, -0.2) is 70.1 Å². The first-order valence-corrected chi connectivity index (χ1v) is 11.1. The summed E-state index contributed by atoms with van der Waals surface area (Å²) in [5.74, 6) is 1.82. The van der Waals surface area contributed by atoms with Gasteiger partial charge < -0.3 is 34.1 Å². The van der Waals surface area contributed by atoms with Crippen molar-refractivity contribution >= 4 is 16.8 Å². The number of aromatic nitrogens is 1. The second-order valence-corrected chi connectivity index (χ2v) is 8.83. The van der Waals surface area contributed by atoms with Gasteiger partial charge in [0.25, 0.3) is 0 Å². The number of methoxy groups -OCH3 is 1. The molecule has 2 aliphatic heterocycles. The fraction of sp³-hybridized carbons (Fsp3) is 0.609. The molecule has 2 aromatic rings. The van der Waals surface area contributed by atoms with Gasteiger partial charge in [0.15, 0.2) is 0 Å². The molecule has 3 aliphatic rings. The minimum Gasteiger partial charge on any atom is -0.497 e. The van der Waals surface area contributed by atoms with E-state index in [9.17, 15) is 15.3 Å². The van der Waals surface area contributed by atoms with Gasteiger partial charge in [-0.15, -0.1) is 0 Å². The van der Waals surface area contributed by atoms with Gasteiger partial charge in [0.1, 0.15) is 30.1 Å². The Bertz CT molecular complexity index is 966. The average Bonchev–Trinajstić information content (AvgIpc) is 3.38. The molecule has 0 bridgehead atoms. The van der Waals surface area contributed by atoms with E-state index in [1.807, 2.05) is 18.2 Å². The van der Waals surface area contributed by atoms with E-state index in [2.05, 4.69) is 15.8 Å². The molecule has 2 fully saturated rings.